The van der Waals surface area contributed by atoms with Crippen molar-refractivity contribution in [3.8, 4) is 0 Å². The van der Waals surface area contributed by atoms with Gasteiger partial charge in [-0.15, -0.1) is 0 Å². The van der Waals surface area contributed by atoms with Crippen molar-refractivity contribution in [3.05, 3.63) is 66.2 Å². The molecule has 0 bridgehead atoms. The third kappa shape index (κ3) is 3.44. The Morgan fingerprint density at radius 3 is 1.89 bits per heavy atom. The lowest BCUT2D eigenvalue weighted by molar-refractivity contribution is 0.106. The van der Waals surface area contributed by atoms with Crippen LogP contribution < -0.4 is 0 Å². The van der Waals surface area contributed by atoms with Crippen LogP contribution in [0.1, 0.15) is 38.1 Å². The van der Waals surface area contributed by atoms with Crippen molar-refractivity contribution in [1.82, 2.24) is 4.90 Å². The fourth-order valence-electron chi connectivity index (χ4n) is 3.73. The summed E-state index contributed by atoms with van der Waals surface area (Å²) in [7, 11) is -3.74. The summed E-state index contributed by atoms with van der Waals surface area (Å²) in [6.45, 7) is 10.0. The van der Waals surface area contributed by atoms with E-state index >= 15 is 0 Å². The minimum absolute atomic E-state index is 0.0223. The Bertz CT molecular complexity index is 777. The molecule has 27 heavy (non-hydrogen) atoms. The third-order valence-electron chi connectivity index (χ3n) is 5.21. The zero-order valence-corrected chi connectivity index (χ0v) is 18.4. The number of carbonyl (C=O) groups excluding carboxylic acids is 1. The summed E-state index contributed by atoms with van der Waals surface area (Å²) in [5, 5.41) is 0.0223. The van der Waals surface area contributed by atoms with Gasteiger partial charge in [-0.05, 0) is 38.7 Å². The van der Waals surface area contributed by atoms with Crippen molar-refractivity contribution in [2.75, 3.05) is 25.4 Å². The molecule has 2 aromatic carbocycles. The van der Waals surface area contributed by atoms with Crippen LogP contribution in [0.2, 0.25) is 0 Å². The lowest BCUT2D eigenvalue weighted by Gasteiger charge is -2.61. The zero-order chi connectivity index (χ0) is 19.9. The molecule has 2 aromatic rings. The van der Waals surface area contributed by atoms with Crippen LogP contribution in [0.15, 0.2) is 65.6 Å². The first-order valence-corrected chi connectivity index (χ1v) is 12.4. The van der Waals surface area contributed by atoms with E-state index in [4.69, 9.17) is 16.4 Å². The number of thiocarbonyl (C=S) groups is 1. The number of hydrogen-bond donors (Lipinski definition) is 1. The number of carbonyl (C=O) groups is 1. The van der Waals surface area contributed by atoms with Crippen molar-refractivity contribution >= 4 is 31.1 Å². The normalized spacial score (nSPS) is 12.8. The number of nitrogens with zero attached hydrogens (tertiary/aromatic N) is 1. The highest BCUT2D eigenvalue weighted by molar-refractivity contribution is 8.69. The maximum atomic E-state index is 14.2. The molecule has 148 valence electrons. The Morgan fingerprint density at radius 1 is 0.926 bits per heavy atom. The lowest BCUT2D eigenvalue weighted by Crippen LogP contribution is -2.47. The standard InChI is InChI=1S/C22H31NO2S2/c1-5-23(6-2)22(26)27(8-4,25-7-3,20-17-13-10-14-18-20)21(24)19-15-11-9-12-16-19/h9-18,27H,5-8H2,1-4H3. The Labute approximate surface area is 169 Å². The van der Waals surface area contributed by atoms with Gasteiger partial charge in [0, 0.05) is 23.5 Å². The SMILES string of the molecule is CCO[SH](CC)(C(=O)c1ccccc1)(C(=S)N(CC)CC)c1ccccc1. The van der Waals surface area contributed by atoms with Crippen LogP contribution in [-0.2, 0) is 4.18 Å². The van der Waals surface area contributed by atoms with Gasteiger partial charge in [-0.25, -0.2) is 0 Å². The van der Waals surface area contributed by atoms with Crippen molar-refractivity contribution < 1.29 is 8.98 Å². The Kier molecular flexibility index (Phi) is 7.20. The third-order valence-corrected chi connectivity index (χ3v) is 12.3. The molecule has 2 rings (SSSR count). The van der Waals surface area contributed by atoms with E-state index in [0.29, 0.717) is 22.2 Å². The van der Waals surface area contributed by atoms with Crippen molar-refractivity contribution in [3.63, 3.8) is 0 Å². The van der Waals surface area contributed by atoms with Crippen LogP contribution in [0.3, 0.4) is 0 Å². The summed E-state index contributed by atoms with van der Waals surface area (Å²) in [4.78, 5) is 17.2. The number of rotatable bonds is 7. The lowest BCUT2D eigenvalue weighted by atomic mass is 10.2. The highest BCUT2D eigenvalue weighted by Gasteiger charge is 2.54. The molecule has 0 aromatic heterocycles. The highest BCUT2D eigenvalue weighted by atomic mass is 32.3. The van der Waals surface area contributed by atoms with Gasteiger partial charge in [0.25, 0.3) is 0 Å². The second kappa shape index (κ2) is 9.00. The van der Waals surface area contributed by atoms with Crippen LogP contribution in [0.5, 0.6) is 0 Å². The molecular weight excluding hydrogens is 374 g/mol. The monoisotopic (exact) mass is 405 g/mol. The summed E-state index contributed by atoms with van der Waals surface area (Å²) in [6, 6.07) is 19.4. The smallest absolute Gasteiger partial charge is 0.215 e. The predicted octanol–water partition coefficient (Wildman–Crippen LogP) is 5.56. The molecule has 0 N–H and O–H groups in total. The summed E-state index contributed by atoms with van der Waals surface area (Å²) >= 11 is 6.08. The largest absolute Gasteiger partial charge is 0.358 e. The molecule has 0 aliphatic heterocycles. The van der Waals surface area contributed by atoms with Gasteiger partial charge in [-0.3, -0.25) is 4.79 Å². The first-order chi connectivity index (χ1) is 13.0. The topological polar surface area (TPSA) is 29.5 Å². The Morgan fingerprint density at radius 2 is 1.44 bits per heavy atom. The average Bonchev–Trinajstić information content (AvgIpc) is 2.74. The van der Waals surface area contributed by atoms with Crippen LogP contribution in [-0.4, -0.2) is 39.8 Å². The van der Waals surface area contributed by atoms with Gasteiger partial charge in [-0.2, -0.15) is 0 Å². The van der Waals surface area contributed by atoms with Gasteiger partial charge in [-0.1, -0.05) is 77.1 Å². The molecule has 0 spiro atoms. The summed E-state index contributed by atoms with van der Waals surface area (Å²) < 4.78 is 7.28. The molecule has 0 aliphatic rings. The molecule has 0 heterocycles. The van der Waals surface area contributed by atoms with Crippen LogP contribution >= 0.6 is 21.7 Å². The first-order valence-electron chi connectivity index (χ1n) is 9.62. The van der Waals surface area contributed by atoms with E-state index in [2.05, 4.69) is 18.7 Å². The highest BCUT2D eigenvalue weighted by Crippen LogP contribution is 2.78. The van der Waals surface area contributed by atoms with Gasteiger partial charge in [0.1, 0.15) is 4.32 Å². The van der Waals surface area contributed by atoms with Crippen molar-refractivity contribution in [2.45, 2.75) is 32.6 Å². The number of benzene rings is 2. The second-order valence-corrected chi connectivity index (χ2v) is 11.8. The fraction of sp³-hybridized carbons (Fsp3) is 0.364. The maximum Gasteiger partial charge on any atom is 0.215 e. The fourth-order valence-corrected chi connectivity index (χ4v) is 10.2. The van der Waals surface area contributed by atoms with Crippen LogP contribution in [0.25, 0.3) is 0 Å². The molecule has 0 fully saturated rings. The van der Waals surface area contributed by atoms with Gasteiger partial charge >= 0.3 is 0 Å². The Balaban J connectivity index is 2.90. The molecule has 3 nitrogen and oxygen atoms in total. The molecular formula is C22H31NO2S2. The van der Waals surface area contributed by atoms with E-state index in [0.717, 1.165) is 18.0 Å². The van der Waals surface area contributed by atoms with E-state index in [9.17, 15) is 4.79 Å². The van der Waals surface area contributed by atoms with Gasteiger partial charge in [0.15, 0.2) is 0 Å². The minimum atomic E-state index is -3.74. The minimum Gasteiger partial charge on any atom is -0.358 e. The first kappa shape index (κ1) is 21.6. The van der Waals surface area contributed by atoms with Crippen LogP contribution in [0.4, 0.5) is 0 Å². The zero-order valence-electron chi connectivity index (χ0n) is 16.7. The molecule has 0 amide bonds. The van der Waals surface area contributed by atoms with Crippen molar-refractivity contribution in [1.29, 1.82) is 0 Å². The van der Waals surface area contributed by atoms with E-state index in [1.54, 1.807) is 0 Å². The maximum absolute atomic E-state index is 14.2. The van der Waals surface area contributed by atoms with Gasteiger partial charge < -0.3 is 9.08 Å². The molecule has 0 aliphatic carbocycles. The van der Waals surface area contributed by atoms with Crippen LogP contribution in [0, 0.1) is 0 Å². The summed E-state index contributed by atoms with van der Waals surface area (Å²) in [5.74, 6) is 0.548. The van der Waals surface area contributed by atoms with E-state index in [1.165, 1.54) is 0 Å². The second-order valence-electron chi connectivity index (χ2n) is 6.41. The number of hydrogen-bond acceptors (Lipinski definition) is 3. The average molecular weight is 406 g/mol. The van der Waals surface area contributed by atoms with E-state index in [-0.39, 0.29) is 5.12 Å². The molecule has 5 heteroatoms. The number of thiol groups is 1. The van der Waals surface area contributed by atoms with Gasteiger partial charge in [0.05, 0.1) is 6.61 Å². The Hall–Kier alpha value is -1.69. The van der Waals surface area contributed by atoms with E-state index < -0.39 is 9.44 Å². The van der Waals surface area contributed by atoms with Crippen molar-refractivity contribution in [2.24, 2.45) is 0 Å². The quantitative estimate of drug-likeness (QED) is 0.483. The molecule has 0 radical (unpaired) electrons. The molecule has 0 saturated carbocycles. The molecule has 0 unspecified atom stereocenters. The summed E-state index contributed by atoms with van der Waals surface area (Å²) in [5.41, 5.74) is 0.656. The molecule has 0 saturated heterocycles. The summed E-state index contributed by atoms with van der Waals surface area (Å²) in [6.07, 6.45) is 0. The molecule has 0 atom stereocenters. The predicted molar refractivity (Wildman–Crippen MR) is 122 cm³/mol. The van der Waals surface area contributed by atoms with E-state index in [1.807, 2.05) is 74.5 Å². The van der Waals surface area contributed by atoms with Gasteiger partial charge in [0.2, 0.25) is 5.12 Å².